The maximum Gasteiger partial charge on any atom is 0.0703 e. The molecule has 3 fully saturated rings. The molecular weight excluding hydrogens is 212 g/mol. The van der Waals surface area contributed by atoms with Gasteiger partial charge in [-0.25, -0.2) is 0 Å². The summed E-state index contributed by atoms with van der Waals surface area (Å²) in [5.74, 6) is 0. The molecule has 0 aromatic heterocycles. The van der Waals surface area contributed by atoms with E-state index < -0.39 is 0 Å². The minimum atomic E-state index is 0.532. The largest absolute Gasteiger partial charge is 0.377 e. The van der Waals surface area contributed by atoms with Gasteiger partial charge in [0.05, 0.1) is 6.10 Å². The van der Waals surface area contributed by atoms with Crippen LogP contribution < -0.4 is 5.32 Å². The van der Waals surface area contributed by atoms with Crippen molar-refractivity contribution >= 4 is 0 Å². The van der Waals surface area contributed by atoms with Gasteiger partial charge in [-0.05, 0) is 45.6 Å². The molecule has 3 rings (SSSR count). The fourth-order valence-corrected chi connectivity index (χ4v) is 4.04. The van der Waals surface area contributed by atoms with E-state index in [1.54, 1.807) is 0 Å². The Hall–Kier alpha value is -0.120. The lowest BCUT2D eigenvalue weighted by Crippen LogP contribution is -2.57. The zero-order valence-electron chi connectivity index (χ0n) is 11.0. The van der Waals surface area contributed by atoms with Crippen molar-refractivity contribution in [2.24, 2.45) is 0 Å². The Bertz CT molecular complexity index is 239. The highest BCUT2D eigenvalue weighted by molar-refractivity contribution is 4.95. The normalized spacial score (nSPS) is 42.9. The van der Waals surface area contributed by atoms with E-state index >= 15 is 0 Å². The second-order valence-electron chi connectivity index (χ2n) is 6.03. The molecule has 0 radical (unpaired) electrons. The van der Waals surface area contributed by atoms with Gasteiger partial charge in [-0.15, -0.1) is 0 Å². The van der Waals surface area contributed by atoms with E-state index in [1.165, 1.54) is 51.5 Å². The summed E-state index contributed by atoms with van der Waals surface area (Å²) in [5, 5.41) is 3.49. The van der Waals surface area contributed by atoms with E-state index in [0.717, 1.165) is 24.7 Å². The Morgan fingerprint density at radius 3 is 2.47 bits per heavy atom. The van der Waals surface area contributed by atoms with Crippen LogP contribution in [0.25, 0.3) is 0 Å². The average molecular weight is 238 g/mol. The van der Waals surface area contributed by atoms with Crippen LogP contribution in [-0.2, 0) is 4.74 Å². The van der Waals surface area contributed by atoms with Crippen LogP contribution in [0.15, 0.2) is 0 Å². The van der Waals surface area contributed by atoms with Crippen molar-refractivity contribution in [2.75, 3.05) is 20.2 Å². The lowest BCUT2D eigenvalue weighted by Gasteiger charge is -2.49. The van der Waals surface area contributed by atoms with Gasteiger partial charge in [-0.3, -0.25) is 4.90 Å². The molecule has 17 heavy (non-hydrogen) atoms. The zero-order chi connectivity index (χ0) is 11.7. The predicted molar refractivity (Wildman–Crippen MR) is 69.2 cm³/mol. The topological polar surface area (TPSA) is 24.5 Å². The monoisotopic (exact) mass is 238 g/mol. The van der Waals surface area contributed by atoms with Crippen molar-refractivity contribution in [1.29, 1.82) is 0 Å². The summed E-state index contributed by atoms with van der Waals surface area (Å²) in [6.07, 6.45) is 10.0. The summed E-state index contributed by atoms with van der Waals surface area (Å²) >= 11 is 0. The van der Waals surface area contributed by atoms with Crippen molar-refractivity contribution in [2.45, 2.75) is 69.2 Å². The van der Waals surface area contributed by atoms with Crippen LogP contribution in [-0.4, -0.2) is 49.3 Å². The number of fused-ring (bicyclic) bond motifs is 2. The third-order valence-electron chi connectivity index (χ3n) is 4.97. The van der Waals surface area contributed by atoms with Crippen molar-refractivity contribution in [3.8, 4) is 0 Å². The first-order valence-corrected chi connectivity index (χ1v) is 7.41. The number of ether oxygens (including phenoxy) is 1. The fourth-order valence-electron chi connectivity index (χ4n) is 4.04. The van der Waals surface area contributed by atoms with Gasteiger partial charge in [-0.1, -0.05) is 6.42 Å². The summed E-state index contributed by atoms with van der Waals surface area (Å²) in [7, 11) is 2.12. The molecule has 0 saturated carbocycles. The van der Waals surface area contributed by atoms with Crippen molar-refractivity contribution in [3.05, 3.63) is 0 Å². The maximum atomic E-state index is 5.82. The van der Waals surface area contributed by atoms with E-state index in [-0.39, 0.29) is 0 Å². The maximum absolute atomic E-state index is 5.82. The summed E-state index contributed by atoms with van der Waals surface area (Å²) in [6, 6.07) is 2.40. The lowest BCUT2D eigenvalue weighted by molar-refractivity contribution is -0.0162. The molecule has 0 aromatic carbocycles. The molecule has 2 bridgehead atoms. The fraction of sp³-hybridized carbons (Fsp3) is 1.00. The molecule has 98 valence electrons. The van der Waals surface area contributed by atoms with Crippen LogP contribution in [0.5, 0.6) is 0 Å². The molecule has 3 heteroatoms. The van der Waals surface area contributed by atoms with Gasteiger partial charge < -0.3 is 10.1 Å². The zero-order valence-corrected chi connectivity index (χ0v) is 11.0. The first-order chi connectivity index (χ1) is 8.36. The quantitative estimate of drug-likeness (QED) is 0.811. The first kappa shape index (κ1) is 11.9. The van der Waals surface area contributed by atoms with Gasteiger partial charge in [0, 0.05) is 31.3 Å². The SMILES string of the molecule is CNC1CC2CCCC(C1)N2CC1CCCO1. The number of rotatable bonds is 3. The number of nitrogens with one attached hydrogen (secondary N) is 1. The van der Waals surface area contributed by atoms with E-state index in [2.05, 4.69) is 17.3 Å². The third-order valence-corrected chi connectivity index (χ3v) is 4.97. The van der Waals surface area contributed by atoms with Crippen LogP contribution in [0, 0.1) is 0 Å². The second kappa shape index (κ2) is 5.25. The molecule has 0 aromatic rings. The number of nitrogens with zero attached hydrogens (tertiary/aromatic N) is 1. The van der Waals surface area contributed by atoms with E-state index in [9.17, 15) is 0 Å². The molecule has 3 atom stereocenters. The molecule has 0 aliphatic carbocycles. The van der Waals surface area contributed by atoms with Gasteiger partial charge in [-0.2, -0.15) is 0 Å². The first-order valence-electron chi connectivity index (χ1n) is 7.41. The lowest BCUT2D eigenvalue weighted by atomic mass is 9.81. The highest BCUT2D eigenvalue weighted by atomic mass is 16.5. The Balaban J connectivity index is 1.63. The van der Waals surface area contributed by atoms with Crippen molar-refractivity contribution in [3.63, 3.8) is 0 Å². The van der Waals surface area contributed by atoms with Gasteiger partial charge in [0.15, 0.2) is 0 Å². The van der Waals surface area contributed by atoms with Gasteiger partial charge in [0.25, 0.3) is 0 Å². The summed E-state index contributed by atoms with van der Waals surface area (Å²) in [6.45, 7) is 2.19. The van der Waals surface area contributed by atoms with Crippen LogP contribution in [0.4, 0.5) is 0 Å². The highest BCUT2D eigenvalue weighted by Gasteiger charge is 2.38. The second-order valence-corrected chi connectivity index (χ2v) is 6.03. The van der Waals surface area contributed by atoms with Crippen molar-refractivity contribution < 1.29 is 4.74 Å². The molecule has 3 aliphatic heterocycles. The van der Waals surface area contributed by atoms with Gasteiger partial charge in [0.1, 0.15) is 0 Å². The Morgan fingerprint density at radius 2 is 1.88 bits per heavy atom. The molecule has 3 unspecified atom stereocenters. The molecule has 0 spiro atoms. The molecule has 3 nitrogen and oxygen atoms in total. The summed E-state index contributed by atoms with van der Waals surface area (Å²) in [5.41, 5.74) is 0. The van der Waals surface area contributed by atoms with E-state index in [1.807, 2.05) is 0 Å². The minimum Gasteiger partial charge on any atom is -0.377 e. The minimum absolute atomic E-state index is 0.532. The smallest absolute Gasteiger partial charge is 0.0703 e. The molecule has 3 heterocycles. The number of hydrogen-bond acceptors (Lipinski definition) is 3. The van der Waals surface area contributed by atoms with Gasteiger partial charge in [0.2, 0.25) is 0 Å². The van der Waals surface area contributed by atoms with Crippen molar-refractivity contribution in [1.82, 2.24) is 10.2 Å². The van der Waals surface area contributed by atoms with Crippen LogP contribution in [0.3, 0.4) is 0 Å². The standard InChI is InChI=1S/C14H26N2O/c1-15-11-8-12-4-2-5-13(9-11)16(12)10-14-6-3-7-17-14/h11-15H,2-10H2,1H3. The van der Waals surface area contributed by atoms with E-state index in [0.29, 0.717) is 6.10 Å². The predicted octanol–water partition coefficient (Wildman–Crippen LogP) is 1.77. The highest BCUT2D eigenvalue weighted by Crippen LogP contribution is 2.34. The Kier molecular flexibility index (Phi) is 3.69. The third kappa shape index (κ3) is 2.51. The summed E-state index contributed by atoms with van der Waals surface area (Å²) < 4.78 is 5.82. The van der Waals surface area contributed by atoms with Crippen LogP contribution in [0.2, 0.25) is 0 Å². The van der Waals surface area contributed by atoms with Crippen LogP contribution in [0.1, 0.15) is 44.9 Å². The molecular formula is C14H26N2O. The summed E-state index contributed by atoms with van der Waals surface area (Å²) in [4.78, 5) is 2.79. The van der Waals surface area contributed by atoms with E-state index in [4.69, 9.17) is 4.74 Å². The van der Waals surface area contributed by atoms with Gasteiger partial charge >= 0.3 is 0 Å². The number of piperidine rings is 2. The molecule has 1 N–H and O–H groups in total. The Morgan fingerprint density at radius 1 is 1.12 bits per heavy atom. The molecule has 3 saturated heterocycles. The Labute approximate surface area is 105 Å². The van der Waals surface area contributed by atoms with Crippen LogP contribution >= 0.6 is 0 Å². The molecule has 0 amide bonds. The average Bonchev–Trinajstić information content (AvgIpc) is 2.81. The molecule has 3 aliphatic rings. The number of hydrogen-bond donors (Lipinski definition) is 1.